The molecule has 1 atom stereocenters. The standard InChI is InChI=1S/C15H18BrNO3/c16-12-7-10-4-6-20-14(10)11(8-12)9-17-5-2-1-3-13(17)15(18)19/h7-8,13H,1-6,9H2,(H,18,19). The van der Waals surface area contributed by atoms with E-state index >= 15 is 0 Å². The quantitative estimate of drug-likeness (QED) is 0.919. The number of benzene rings is 1. The molecule has 5 heteroatoms. The van der Waals surface area contributed by atoms with E-state index in [-0.39, 0.29) is 6.04 Å². The van der Waals surface area contributed by atoms with Crippen molar-refractivity contribution in [2.24, 2.45) is 0 Å². The molecule has 2 aliphatic heterocycles. The lowest BCUT2D eigenvalue weighted by molar-refractivity contribution is -0.144. The van der Waals surface area contributed by atoms with Gasteiger partial charge in [-0.3, -0.25) is 9.69 Å². The van der Waals surface area contributed by atoms with Crippen molar-refractivity contribution in [3.8, 4) is 5.75 Å². The Bertz CT molecular complexity index is 532. The number of carbonyl (C=O) groups is 1. The molecule has 0 aliphatic carbocycles. The number of nitrogens with zero attached hydrogens (tertiary/aromatic N) is 1. The molecule has 0 bridgehead atoms. The van der Waals surface area contributed by atoms with Crippen LogP contribution in [-0.4, -0.2) is 35.2 Å². The van der Waals surface area contributed by atoms with Crippen LogP contribution in [0.4, 0.5) is 0 Å². The third-order valence-corrected chi connectivity index (χ3v) is 4.56. The molecular weight excluding hydrogens is 322 g/mol. The molecule has 1 saturated heterocycles. The van der Waals surface area contributed by atoms with Crippen molar-refractivity contribution < 1.29 is 14.6 Å². The Hall–Kier alpha value is -1.07. The third-order valence-electron chi connectivity index (χ3n) is 4.10. The Kier molecular flexibility index (Phi) is 3.98. The molecule has 4 nitrogen and oxygen atoms in total. The number of carboxylic acid groups (broad SMARTS) is 1. The first-order chi connectivity index (χ1) is 9.65. The lowest BCUT2D eigenvalue weighted by Gasteiger charge is -2.33. The maximum Gasteiger partial charge on any atom is 0.320 e. The van der Waals surface area contributed by atoms with Gasteiger partial charge in [-0.15, -0.1) is 0 Å². The topological polar surface area (TPSA) is 49.8 Å². The van der Waals surface area contributed by atoms with E-state index in [1.165, 1.54) is 5.56 Å². The van der Waals surface area contributed by atoms with Gasteiger partial charge >= 0.3 is 5.97 Å². The molecule has 20 heavy (non-hydrogen) atoms. The zero-order valence-electron chi connectivity index (χ0n) is 11.3. The SMILES string of the molecule is O=C(O)C1CCCCN1Cc1cc(Br)cc2c1OCC2. The zero-order chi connectivity index (χ0) is 14.1. The van der Waals surface area contributed by atoms with Crippen LogP contribution < -0.4 is 4.74 Å². The molecular formula is C15H18BrNO3. The number of fused-ring (bicyclic) bond motifs is 1. The van der Waals surface area contributed by atoms with Crippen molar-refractivity contribution in [3.63, 3.8) is 0 Å². The number of rotatable bonds is 3. The van der Waals surface area contributed by atoms with E-state index in [0.717, 1.165) is 54.6 Å². The molecule has 0 spiro atoms. The number of aliphatic carboxylic acids is 1. The van der Waals surface area contributed by atoms with Gasteiger partial charge in [0.1, 0.15) is 11.8 Å². The summed E-state index contributed by atoms with van der Waals surface area (Å²) in [6.45, 7) is 2.22. The van der Waals surface area contributed by atoms with Gasteiger partial charge in [-0.05, 0) is 37.1 Å². The fourth-order valence-corrected chi connectivity index (χ4v) is 3.69. The van der Waals surface area contributed by atoms with E-state index in [1.54, 1.807) is 0 Å². The lowest BCUT2D eigenvalue weighted by Crippen LogP contribution is -2.44. The first kappa shape index (κ1) is 13.9. The average Bonchev–Trinajstić information content (AvgIpc) is 2.87. The van der Waals surface area contributed by atoms with Crippen LogP contribution in [0.3, 0.4) is 0 Å². The normalized spacial score (nSPS) is 22.4. The Morgan fingerprint density at radius 3 is 3.10 bits per heavy atom. The molecule has 2 aliphatic rings. The van der Waals surface area contributed by atoms with Crippen molar-refractivity contribution in [2.45, 2.75) is 38.3 Å². The van der Waals surface area contributed by atoms with E-state index in [4.69, 9.17) is 4.74 Å². The molecule has 1 fully saturated rings. The van der Waals surface area contributed by atoms with Gasteiger partial charge in [-0.2, -0.15) is 0 Å². The molecule has 108 valence electrons. The molecule has 0 saturated carbocycles. The van der Waals surface area contributed by atoms with Crippen molar-refractivity contribution >= 4 is 21.9 Å². The van der Waals surface area contributed by atoms with Gasteiger partial charge in [0, 0.05) is 23.0 Å². The largest absolute Gasteiger partial charge is 0.493 e. The van der Waals surface area contributed by atoms with Crippen LogP contribution in [0.2, 0.25) is 0 Å². The first-order valence-corrected chi connectivity index (χ1v) is 7.85. The monoisotopic (exact) mass is 339 g/mol. The van der Waals surface area contributed by atoms with Crippen molar-refractivity contribution in [1.29, 1.82) is 0 Å². The number of hydrogen-bond donors (Lipinski definition) is 1. The van der Waals surface area contributed by atoms with Crippen LogP contribution in [0.15, 0.2) is 16.6 Å². The molecule has 0 aromatic heterocycles. The van der Waals surface area contributed by atoms with Crippen molar-refractivity contribution in [3.05, 3.63) is 27.7 Å². The van der Waals surface area contributed by atoms with E-state index in [1.807, 2.05) is 0 Å². The van der Waals surface area contributed by atoms with Crippen LogP contribution in [0, 0.1) is 0 Å². The molecule has 0 radical (unpaired) electrons. The molecule has 2 heterocycles. The second-order valence-corrected chi connectivity index (χ2v) is 6.39. The third kappa shape index (κ3) is 2.69. The fourth-order valence-electron chi connectivity index (χ4n) is 3.14. The summed E-state index contributed by atoms with van der Waals surface area (Å²) in [7, 11) is 0. The number of carboxylic acids is 1. The highest BCUT2D eigenvalue weighted by atomic mass is 79.9. The second kappa shape index (κ2) is 5.74. The van der Waals surface area contributed by atoms with Crippen LogP contribution >= 0.6 is 15.9 Å². The van der Waals surface area contributed by atoms with Crippen LogP contribution in [-0.2, 0) is 17.8 Å². The van der Waals surface area contributed by atoms with Crippen molar-refractivity contribution in [2.75, 3.05) is 13.2 Å². The minimum atomic E-state index is -0.711. The minimum Gasteiger partial charge on any atom is -0.493 e. The van der Waals surface area contributed by atoms with Gasteiger partial charge in [-0.25, -0.2) is 0 Å². The van der Waals surface area contributed by atoms with Gasteiger partial charge in [0.05, 0.1) is 6.61 Å². The first-order valence-electron chi connectivity index (χ1n) is 7.06. The molecule has 1 unspecified atom stereocenters. The Labute approximate surface area is 126 Å². The van der Waals surface area contributed by atoms with E-state index in [2.05, 4.69) is 33.0 Å². The predicted octanol–water partition coefficient (Wildman–Crippen LogP) is 2.82. The smallest absolute Gasteiger partial charge is 0.320 e. The number of likely N-dealkylation sites (tertiary alicyclic amines) is 1. The van der Waals surface area contributed by atoms with Gasteiger partial charge in [0.15, 0.2) is 0 Å². The number of ether oxygens (including phenoxy) is 1. The van der Waals surface area contributed by atoms with Gasteiger partial charge in [0.2, 0.25) is 0 Å². The number of piperidine rings is 1. The van der Waals surface area contributed by atoms with Crippen LogP contribution in [0.25, 0.3) is 0 Å². The summed E-state index contributed by atoms with van der Waals surface area (Å²) in [5.41, 5.74) is 2.32. The summed E-state index contributed by atoms with van der Waals surface area (Å²) in [6.07, 6.45) is 3.75. The van der Waals surface area contributed by atoms with E-state index in [9.17, 15) is 9.90 Å². The van der Waals surface area contributed by atoms with Crippen LogP contribution in [0.5, 0.6) is 5.75 Å². The summed E-state index contributed by atoms with van der Waals surface area (Å²) in [4.78, 5) is 13.4. The Morgan fingerprint density at radius 2 is 2.30 bits per heavy atom. The molecule has 1 aromatic carbocycles. The highest BCUT2D eigenvalue weighted by molar-refractivity contribution is 9.10. The summed E-state index contributed by atoms with van der Waals surface area (Å²) in [6, 6.07) is 3.79. The lowest BCUT2D eigenvalue weighted by atomic mass is 10.0. The average molecular weight is 340 g/mol. The Morgan fingerprint density at radius 1 is 1.45 bits per heavy atom. The molecule has 0 amide bonds. The van der Waals surface area contributed by atoms with Crippen LogP contribution in [0.1, 0.15) is 30.4 Å². The zero-order valence-corrected chi connectivity index (χ0v) is 12.9. The number of halogens is 1. The fraction of sp³-hybridized carbons (Fsp3) is 0.533. The van der Waals surface area contributed by atoms with Crippen molar-refractivity contribution in [1.82, 2.24) is 4.90 Å². The van der Waals surface area contributed by atoms with E-state index < -0.39 is 5.97 Å². The number of hydrogen-bond acceptors (Lipinski definition) is 3. The second-order valence-electron chi connectivity index (χ2n) is 5.47. The summed E-state index contributed by atoms with van der Waals surface area (Å²) in [5, 5.41) is 9.35. The van der Waals surface area contributed by atoms with Gasteiger partial charge < -0.3 is 9.84 Å². The maximum atomic E-state index is 11.4. The molecule has 1 aromatic rings. The Balaban J connectivity index is 1.85. The highest BCUT2D eigenvalue weighted by Gasteiger charge is 2.29. The van der Waals surface area contributed by atoms with Gasteiger partial charge in [0.25, 0.3) is 0 Å². The molecule has 1 N–H and O–H groups in total. The summed E-state index contributed by atoms with van der Waals surface area (Å²) >= 11 is 3.53. The minimum absolute atomic E-state index is 0.361. The summed E-state index contributed by atoms with van der Waals surface area (Å²) < 4.78 is 6.77. The summed E-state index contributed by atoms with van der Waals surface area (Å²) in [5.74, 6) is 0.250. The maximum absolute atomic E-state index is 11.4. The molecule has 3 rings (SSSR count). The van der Waals surface area contributed by atoms with Gasteiger partial charge in [-0.1, -0.05) is 22.4 Å². The highest BCUT2D eigenvalue weighted by Crippen LogP contribution is 2.34. The van der Waals surface area contributed by atoms with E-state index in [0.29, 0.717) is 6.54 Å². The predicted molar refractivity (Wildman–Crippen MR) is 79.0 cm³/mol.